The second kappa shape index (κ2) is 15.2. The molecule has 0 bridgehead atoms. The van der Waals surface area contributed by atoms with Crippen molar-refractivity contribution in [2.24, 2.45) is 5.92 Å². The van der Waals surface area contributed by atoms with E-state index >= 15 is 0 Å². The Labute approximate surface area is 278 Å². The number of hydrogen-bond donors (Lipinski definition) is 4. The van der Waals surface area contributed by atoms with Gasteiger partial charge in [0, 0.05) is 31.5 Å². The summed E-state index contributed by atoms with van der Waals surface area (Å²) in [6, 6.07) is 19.3. The van der Waals surface area contributed by atoms with Crippen LogP contribution in [0.1, 0.15) is 29.5 Å². The van der Waals surface area contributed by atoms with Gasteiger partial charge in [-0.3, -0.25) is 14.4 Å². The molecule has 13 nitrogen and oxygen atoms in total. The molecule has 2 aliphatic rings. The molecule has 0 aromatic heterocycles. The van der Waals surface area contributed by atoms with E-state index in [-0.39, 0.29) is 42.8 Å². The van der Waals surface area contributed by atoms with Crippen molar-refractivity contribution < 1.29 is 53.1 Å². The minimum Gasteiger partial charge on any atom is -0.497 e. The first-order chi connectivity index (χ1) is 23.2. The van der Waals surface area contributed by atoms with Crippen LogP contribution in [0.25, 0.3) is 0 Å². The van der Waals surface area contributed by atoms with Crippen LogP contribution in [0.4, 0.5) is 0 Å². The van der Waals surface area contributed by atoms with Gasteiger partial charge in [-0.25, -0.2) is 5.48 Å². The zero-order chi connectivity index (χ0) is 34.3. The van der Waals surface area contributed by atoms with Crippen LogP contribution >= 0.6 is 0 Å². The Balaban J connectivity index is 1.43. The first kappa shape index (κ1) is 34.9. The van der Waals surface area contributed by atoms with Crippen molar-refractivity contribution in [1.82, 2.24) is 10.8 Å². The van der Waals surface area contributed by atoms with E-state index in [4.69, 9.17) is 33.3 Å². The maximum absolute atomic E-state index is 14.0. The van der Waals surface area contributed by atoms with Gasteiger partial charge in [0.15, 0.2) is 11.2 Å². The number of rotatable bonds is 16. The fraction of sp³-hybridized carbons (Fsp3) is 0.429. The minimum atomic E-state index is -2.18. The van der Waals surface area contributed by atoms with Crippen molar-refractivity contribution in [2.75, 3.05) is 60.9 Å². The molecule has 5 unspecified atom stereocenters. The van der Waals surface area contributed by atoms with Crippen LogP contribution in [-0.4, -0.2) is 89.0 Å². The molecule has 5 rings (SSSR count). The number of hydrogen-bond acceptors (Lipinski definition) is 11. The highest BCUT2D eigenvalue weighted by Crippen LogP contribution is 2.70. The number of fused-ring (bicyclic) bond motifs is 3. The van der Waals surface area contributed by atoms with Gasteiger partial charge in [-0.15, -0.1) is 0 Å². The zero-order valence-corrected chi connectivity index (χ0v) is 27.4. The Hall–Kier alpha value is -4.40. The van der Waals surface area contributed by atoms with Crippen LogP contribution in [-0.2, 0) is 35.1 Å². The zero-order valence-electron chi connectivity index (χ0n) is 27.4. The molecule has 5 atom stereocenters. The number of carbonyl (C=O) groups is 2. The van der Waals surface area contributed by atoms with Crippen LogP contribution in [0.15, 0.2) is 66.7 Å². The summed E-state index contributed by atoms with van der Waals surface area (Å²) < 4.78 is 34.3. The van der Waals surface area contributed by atoms with Crippen molar-refractivity contribution in [3.63, 3.8) is 0 Å². The Morgan fingerprint density at radius 3 is 2.17 bits per heavy atom. The standard InChI is InChI=1S/C35H42N2O11/c1-22(38)36-14-15-45-16-17-46-18-19-47-37-33(40)29-30(23-8-6-5-7-9-23)35(24-10-12-25(42-2)13-11-24)34(41,32(29)39)31-27(44-4)20-26(43-3)21-28(31)48-35/h5-13,20-21,29-30,32,39,41H,14-19H2,1-4H3,(H,36,38)(H,37,40). The number of aliphatic hydroxyl groups is 2. The molecule has 13 heteroatoms. The summed E-state index contributed by atoms with van der Waals surface area (Å²) in [5, 5.41) is 27.8. The first-order valence-electron chi connectivity index (χ1n) is 15.6. The molecule has 1 aliphatic carbocycles. The van der Waals surface area contributed by atoms with Crippen molar-refractivity contribution in [1.29, 1.82) is 0 Å². The van der Waals surface area contributed by atoms with E-state index in [1.54, 1.807) is 43.5 Å². The fourth-order valence-corrected chi connectivity index (χ4v) is 6.71. The highest BCUT2D eigenvalue weighted by molar-refractivity contribution is 5.82. The van der Waals surface area contributed by atoms with Crippen LogP contribution in [0.2, 0.25) is 0 Å². The number of benzene rings is 3. The lowest BCUT2D eigenvalue weighted by molar-refractivity contribution is -0.158. The maximum atomic E-state index is 14.0. The highest BCUT2D eigenvalue weighted by Gasteiger charge is 2.78. The van der Waals surface area contributed by atoms with Crippen LogP contribution in [0, 0.1) is 5.92 Å². The minimum absolute atomic E-state index is 0.0112. The molecule has 48 heavy (non-hydrogen) atoms. The number of amides is 2. The average molecular weight is 667 g/mol. The van der Waals surface area contributed by atoms with E-state index in [0.29, 0.717) is 42.4 Å². The van der Waals surface area contributed by atoms with Crippen molar-refractivity contribution in [3.05, 3.63) is 83.4 Å². The molecule has 1 fully saturated rings. The SMILES string of the molecule is COc1ccc(C23Oc4cc(OC)cc(OC)c4C2(O)C(O)C(C(=O)NOCCOCCOCCNC(C)=O)C3c2ccccc2)cc1. The smallest absolute Gasteiger partial charge is 0.250 e. The molecule has 0 radical (unpaired) electrons. The summed E-state index contributed by atoms with van der Waals surface area (Å²) in [4.78, 5) is 30.4. The van der Waals surface area contributed by atoms with Gasteiger partial charge in [0.1, 0.15) is 29.1 Å². The quantitative estimate of drug-likeness (QED) is 0.131. The number of methoxy groups -OCH3 is 3. The van der Waals surface area contributed by atoms with Crippen LogP contribution in [0.5, 0.6) is 23.0 Å². The van der Waals surface area contributed by atoms with Crippen LogP contribution < -0.4 is 29.7 Å². The van der Waals surface area contributed by atoms with E-state index in [1.165, 1.54) is 21.1 Å². The lowest BCUT2D eigenvalue weighted by atomic mass is 9.70. The van der Waals surface area contributed by atoms with Gasteiger partial charge < -0.3 is 44.0 Å². The molecule has 0 spiro atoms. The molecule has 4 N–H and O–H groups in total. The molecule has 3 aromatic carbocycles. The van der Waals surface area contributed by atoms with Crippen molar-refractivity contribution in [3.8, 4) is 23.0 Å². The summed E-state index contributed by atoms with van der Waals surface area (Å²) in [5.74, 6) is -1.50. The highest BCUT2D eigenvalue weighted by atomic mass is 16.7. The third kappa shape index (κ3) is 6.39. The number of carbonyl (C=O) groups excluding carboxylic acids is 2. The molecular formula is C35H42N2O11. The third-order valence-electron chi connectivity index (χ3n) is 8.75. The summed E-state index contributed by atoms with van der Waals surface area (Å²) in [6.45, 7) is 2.98. The monoisotopic (exact) mass is 666 g/mol. The summed E-state index contributed by atoms with van der Waals surface area (Å²) in [6.07, 6.45) is -1.69. The van der Waals surface area contributed by atoms with E-state index < -0.39 is 35.0 Å². The molecule has 1 aliphatic heterocycles. The topological polar surface area (TPSA) is 163 Å². The second-order valence-electron chi connectivity index (χ2n) is 11.4. The Bertz CT molecular complexity index is 1550. The Morgan fingerprint density at radius 2 is 1.52 bits per heavy atom. The number of ether oxygens (including phenoxy) is 6. The van der Waals surface area contributed by atoms with Gasteiger partial charge in [0.05, 0.1) is 65.8 Å². The Kier molecular flexibility index (Phi) is 11.1. The van der Waals surface area contributed by atoms with E-state index in [2.05, 4.69) is 10.8 Å². The van der Waals surface area contributed by atoms with Gasteiger partial charge in [-0.2, -0.15) is 0 Å². The van der Waals surface area contributed by atoms with Gasteiger partial charge >= 0.3 is 0 Å². The van der Waals surface area contributed by atoms with E-state index in [1.807, 2.05) is 30.3 Å². The number of nitrogens with one attached hydrogen (secondary N) is 2. The van der Waals surface area contributed by atoms with Crippen LogP contribution in [0.3, 0.4) is 0 Å². The van der Waals surface area contributed by atoms with Gasteiger partial charge in [-0.1, -0.05) is 42.5 Å². The summed E-state index contributed by atoms with van der Waals surface area (Å²) in [7, 11) is 4.49. The number of aliphatic hydroxyl groups excluding tert-OH is 1. The molecule has 3 aromatic rings. The van der Waals surface area contributed by atoms with Crippen molar-refractivity contribution in [2.45, 2.75) is 30.1 Å². The normalized spacial score (nSPS) is 23.8. The van der Waals surface area contributed by atoms with Crippen molar-refractivity contribution >= 4 is 11.8 Å². The lowest BCUT2D eigenvalue weighted by Gasteiger charge is -2.40. The van der Waals surface area contributed by atoms with Gasteiger partial charge in [0.25, 0.3) is 0 Å². The second-order valence-corrected chi connectivity index (χ2v) is 11.4. The third-order valence-corrected chi connectivity index (χ3v) is 8.75. The molecular weight excluding hydrogens is 624 g/mol. The lowest BCUT2D eigenvalue weighted by Crippen LogP contribution is -2.52. The number of hydroxylamine groups is 1. The average Bonchev–Trinajstić information content (AvgIpc) is 3.48. The molecule has 258 valence electrons. The molecule has 1 heterocycles. The summed E-state index contributed by atoms with van der Waals surface area (Å²) >= 11 is 0. The van der Waals surface area contributed by atoms with Gasteiger partial charge in [0.2, 0.25) is 11.8 Å². The van der Waals surface area contributed by atoms with Gasteiger partial charge in [-0.05, 0) is 23.3 Å². The predicted octanol–water partition coefficient (Wildman–Crippen LogP) is 2.18. The van der Waals surface area contributed by atoms with E-state index in [9.17, 15) is 19.8 Å². The molecule has 2 amide bonds. The first-order valence-corrected chi connectivity index (χ1v) is 15.6. The Morgan fingerprint density at radius 1 is 0.854 bits per heavy atom. The largest absolute Gasteiger partial charge is 0.497 e. The molecule has 1 saturated carbocycles. The van der Waals surface area contributed by atoms with E-state index in [0.717, 1.165) is 0 Å². The maximum Gasteiger partial charge on any atom is 0.250 e. The summed E-state index contributed by atoms with van der Waals surface area (Å²) in [5.41, 5.74) is -0.0996. The predicted molar refractivity (Wildman–Crippen MR) is 172 cm³/mol. The molecule has 0 saturated heterocycles. The fourth-order valence-electron chi connectivity index (χ4n) is 6.71.